The number of aliphatic hydroxyl groups excluding tert-OH is 1. The molecule has 0 atom stereocenters. The Balaban J connectivity index is 0. The molecule has 0 radical (unpaired) electrons. The second-order valence-electron chi connectivity index (χ2n) is 2.72. The zero-order chi connectivity index (χ0) is 15.3. The predicted molar refractivity (Wildman–Crippen MR) is 78.5 cm³/mol. The van der Waals surface area contributed by atoms with Crippen LogP contribution in [0.15, 0.2) is 18.2 Å². The van der Waals surface area contributed by atoms with Crippen molar-refractivity contribution in [3.8, 4) is 11.5 Å². The minimum atomic E-state index is -0.982. The second kappa shape index (κ2) is 13.0. The number of methoxy groups -OCH3 is 1. The molecule has 0 aliphatic carbocycles. The van der Waals surface area contributed by atoms with Crippen molar-refractivity contribution in [3.63, 3.8) is 0 Å². The van der Waals surface area contributed by atoms with Gasteiger partial charge < -0.3 is 19.7 Å². The lowest BCUT2D eigenvalue weighted by atomic mass is 10.2. The number of benzene rings is 1. The Hall–Kier alpha value is -1.40. The number of hydrogen-bond donors (Lipinski definition) is 2. The number of carboxylic acids is 1. The van der Waals surface area contributed by atoms with Crippen LogP contribution in [-0.2, 0) is 0 Å². The summed E-state index contributed by atoms with van der Waals surface area (Å²) >= 11 is 1.53. The minimum absolute atomic E-state index is 0.184. The first-order chi connectivity index (χ1) is 9.19. The van der Waals surface area contributed by atoms with Gasteiger partial charge in [-0.15, -0.1) is 11.8 Å². The Morgan fingerprint density at radius 2 is 1.84 bits per heavy atom. The molecule has 19 heavy (non-hydrogen) atoms. The largest absolute Gasteiger partial charge is 0.493 e. The summed E-state index contributed by atoms with van der Waals surface area (Å²) in [5.41, 5.74) is 0.184. The molecular formula is C13H22O5S. The highest BCUT2D eigenvalue weighted by Crippen LogP contribution is 2.28. The standard InChI is InChI=1S/C10H12O4S.C2H6.CH4O/c1-13-9-5-7(10(11)12)3-4-8(9)14-6-15-2;2*1-2/h3-5H,6H2,1-2H3,(H,11,12);1-2H3;2H,1H3. The summed E-state index contributed by atoms with van der Waals surface area (Å²) in [7, 11) is 2.48. The molecule has 0 saturated heterocycles. The number of aromatic carboxylic acids is 1. The van der Waals surface area contributed by atoms with Crippen LogP contribution in [0.3, 0.4) is 0 Å². The molecule has 1 aromatic carbocycles. The van der Waals surface area contributed by atoms with Gasteiger partial charge >= 0.3 is 5.97 Å². The maximum Gasteiger partial charge on any atom is 0.335 e. The van der Waals surface area contributed by atoms with Crippen molar-refractivity contribution in [2.45, 2.75) is 13.8 Å². The third-order valence-corrected chi connectivity index (χ3v) is 2.10. The molecule has 5 nitrogen and oxygen atoms in total. The second-order valence-corrected chi connectivity index (χ2v) is 3.53. The average molecular weight is 290 g/mol. The summed E-state index contributed by atoms with van der Waals surface area (Å²) in [6, 6.07) is 4.52. The van der Waals surface area contributed by atoms with Gasteiger partial charge in [-0.2, -0.15) is 0 Å². The van der Waals surface area contributed by atoms with Gasteiger partial charge in [0.15, 0.2) is 11.5 Å². The summed E-state index contributed by atoms with van der Waals surface area (Å²) in [5.74, 6) is 0.508. The maximum atomic E-state index is 10.7. The molecule has 0 unspecified atom stereocenters. The molecule has 1 aromatic rings. The van der Waals surface area contributed by atoms with E-state index in [9.17, 15) is 4.79 Å². The van der Waals surface area contributed by atoms with Crippen molar-refractivity contribution in [3.05, 3.63) is 23.8 Å². The quantitative estimate of drug-likeness (QED) is 0.812. The van der Waals surface area contributed by atoms with Crippen molar-refractivity contribution in [2.75, 3.05) is 26.4 Å². The molecule has 1 rings (SSSR count). The number of carbonyl (C=O) groups is 1. The molecule has 0 spiro atoms. The summed E-state index contributed by atoms with van der Waals surface area (Å²) in [4.78, 5) is 10.7. The van der Waals surface area contributed by atoms with E-state index in [1.807, 2.05) is 20.1 Å². The molecule has 2 N–H and O–H groups in total. The number of hydrogen-bond acceptors (Lipinski definition) is 5. The Morgan fingerprint density at radius 1 is 1.26 bits per heavy atom. The predicted octanol–water partition coefficient (Wildman–Crippen LogP) is 2.73. The minimum Gasteiger partial charge on any atom is -0.493 e. The normalized spacial score (nSPS) is 8.32. The first-order valence-corrected chi connectivity index (χ1v) is 7.06. The first kappa shape index (κ1) is 19.9. The molecule has 110 valence electrons. The summed E-state index contributed by atoms with van der Waals surface area (Å²) in [6.07, 6.45) is 1.91. The number of carboxylic acid groups (broad SMARTS) is 1. The Labute approximate surface area is 118 Å². The van der Waals surface area contributed by atoms with Gasteiger partial charge in [0.2, 0.25) is 0 Å². The van der Waals surface area contributed by atoms with E-state index in [4.69, 9.17) is 19.7 Å². The fourth-order valence-corrected chi connectivity index (χ4v) is 1.29. The summed E-state index contributed by atoms with van der Waals surface area (Å²) < 4.78 is 10.4. The highest BCUT2D eigenvalue weighted by atomic mass is 32.2. The lowest BCUT2D eigenvalue weighted by Gasteiger charge is -2.09. The van der Waals surface area contributed by atoms with Crippen LogP contribution in [-0.4, -0.2) is 42.6 Å². The molecule has 0 aromatic heterocycles. The van der Waals surface area contributed by atoms with Crippen LogP contribution in [0.5, 0.6) is 11.5 Å². The van der Waals surface area contributed by atoms with Gasteiger partial charge in [-0.1, -0.05) is 13.8 Å². The van der Waals surface area contributed by atoms with Crippen LogP contribution in [0.4, 0.5) is 0 Å². The van der Waals surface area contributed by atoms with E-state index in [2.05, 4.69) is 0 Å². The first-order valence-electron chi connectivity index (χ1n) is 5.67. The number of aliphatic hydroxyl groups is 1. The Kier molecular flexibility index (Phi) is 13.7. The van der Waals surface area contributed by atoms with Crippen molar-refractivity contribution in [1.82, 2.24) is 0 Å². The highest BCUT2D eigenvalue weighted by Gasteiger charge is 2.09. The van der Waals surface area contributed by atoms with Gasteiger partial charge in [-0.05, 0) is 24.5 Å². The monoisotopic (exact) mass is 290 g/mol. The van der Waals surface area contributed by atoms with Crippen LogP contribution in [0.2, 0.25) is 0 Å². The van der Waals surface area contributed by atoms with Gasteiger partial charge in [-0.25, -0.2) is 4.79 Å². The molecule has 0 bridgehead atoms. The van der Waals surface area contributed by atoms with Gasteiger partial charge in [0, 0.05) is 7.11 Å². The van der Waals surface area contributed by atoms with Crippen LogP contribution < -0.4 is 9.47 Å². The average Bonchev–Trinajstić information content (AvgIpc) is 2.48. The molecule has 0 heterocycles. The topological polar surface area (TPSA) is 76.0 Å². The smallest absolute Gasteiger partial charge is 0.335 e. The van der Waals surface area contributed by atoms with Crippen LogP contribution >= 0.6 is 11.8 Å². The third-order valence-electron chi connectivity index (χ3n) is 1.74. The molecule has 0 amide bonds. The van der Waals surface area contributed by atoms with Gasteiger partial charge in [0.1, 0.15) is 5.94 Å². The molecule has 6 heteroatoms. The van der Waals surface area contributed by atoms with E-state index < -0.39 is 5.97 Å². The van der Waals surface area contributed by atoms with Crippen molar-refractivity contribution in [2.24, 2.45) is 0 Å². The molecule has 0 saturated carbocycles. The molecule has 0 aliphatic rings. The van der Waals surface area contributed by atoms with E-state index in [1.54, 1.807) is 6.07 Å². The molecular weight excluding hydrogens is 268 g/mol. The van der Waals surface area contributed by atoms with Gasteiger partial charge in [0.25, 0.3) is 0 Å². The Bertz CT molecular complexity index is 355. The van der Waals surface area contributed by atoms with E-state index in [0.29, 0.717) is 17.4 Å². The van der Waals surface area contributed by atoms with Crippen molar-refractivity contribution >= 4 is 17.7 Å². The number of rotatable bonds is 5. The van der Waals surface area contributed by atoms with E-state index in [0.717, 1.165) is 7.11 Å². The third kappa shape index (κ3) is 7.58. The number of thioether (sulfide) groups is 1. The van der Waals surface area contributed by atoms with Crippen LogP contribution in [0.25, 0.3) is 0 Å². The SMILES string of the molecule is CC.CO.COc1cc(C(=O)O)ccc1OCSC. The number of ether oxygens (including phenoxy) is 2. The summed E-state index contributed by atoms with van der Waals surface area (Å²) in [6.45, 7) is 4.00. The lowest BCUT2D eigenvalue weighted by Crippen LogP contribution is -2.00. The maximum absolute atomic E-state index is 10.7. The van der Waals surface area contributed by atoms with E-state index >= 15 is 0 Å². The van der Waals surface area contributed by atoms with Crippen molar-refractivity contribution < 1.29 is 24.5 Å². The lowest BCUT2D eigenvalue weighted by molar-refractivity contribution is 0.0696. The fraction of sp³-hybridized carbons (Fsp3) is 0.462. The molecule has 0 aliphatic heterocycles. The zero-order valence-corrected chi connectivity index (χ0v) is 12.8. The van der Waals surface area contributed by atoms with Crippen molar-refractivity contribution in [1.29, 1.82) is 0 Å². The van der Waals surface area contributed by atoms with Gasteiger partial charge in [-0.3, -0.25) is 0 Å². The highest BCUT2D eigenvalue weighted by molar-refractivity contribution is 7.98. The summed E-state index contributed by atoms with van der Waals surface area (Å²) in [5, 5.41) is 15.8. The van der Waals surface area contributed by atoms with E-state index in [-0.39, 0.29) is 5.56 Å². The zero-order valence-electron chi connectivity index (χ0n) is 12.0. The Morgan fingerprint density at radius 3 is 2.26 bits per heavy atom. The van der Waals surface area contributed by atoms with E-state index in [1.165, 1.54) is 31.0 Å². The van der Waals surface area contributed by atoms with Crippen LogP contribution in [0, 0.1) is 0 Å². The van der Waals surface area contributed by atoms with Crippen LogP contribution in [0.1, 0.15) is 24.2 Å². The molecule has 0 fully saturated rings. The van der Waals surface area contributed by atoms with Gasteiger partial charge in [0.05, 0.1) is 12.7 Å². The fourth-order valence-electron chi connectivity index (χ4n) is 1.04.